The van der Waals surface area contributed by atoms with E-state index < -0.39 is 24.3 Å². The number of amides is 4. The van der Waals surface area contributed by atoms with Gasteiger partial charge in [-0.2, -0.15) is 0 Å². The number of ether oxygens (including phenoxy) is 2. The number of nitrogens with one attached hydrogen (secondary N) is 4. The molecule has 20 heteroatoms. The number of thiazole rings is 2. The number of likely N-dealkylation sites (tertiary alicyclic amines) is 2. The number of imidazole rings is 4. The van der Waals surface area contributed by atoms with E-state index in [0.717, 1.165) is 68.1 Å². The summed E-state index contributed by atoms with van der Waals surface area (Å²) in [5.41, 5.74) is 4.44. The highest BCUT2D eigenvalue weighted by Gasteiger charge is 2.39. The van der Waals surface area contributed by atoms with Crippen LogP contribution in [0.4, 0.5) is 9.59 Å². The van der Waals surface area contributed by atoms with E-state index in [1.807, 2.05) is 94.3 Å². The zero-order valence-electron chi connectivity index (χ0n) is 34.6. The van der Waals surface area contributed by atoms with E-state index in [2.05, 4.69) is 20.6 Å². The molecule has 4 N–H and O–H groups in total. The zero-order valence-corrected chi connectivity index (χ0v) is 36.3. The molecule has 326 valence electrons. The third-order valence-electron chi connectivity index (χ3n) is 11.7. The number of nitrogens with zero attached hydrogens (tertiary/aromatic N) is 8. The van der Waals surface area contributed by atoms with Crippen molar-refractivity contribution in [3.05, 3.63) is 121 Å². The van der Waals surface area contributed by atoms with Crippen molar-refractivity contribution in [1.82, 2.24) is 59.1 Å². The van der Waals surface area contributed by atoms with Gasteiger partial charge in [0.1, 0.15) is 35.1 Å². The Hall–Kier alpha value is -7.32. The first-order valence-corrected chi connectivity index (χ1v) is 22.4. The SMILES string of the molecule is COC(=O)N[C@@H](C(=O)N1CCCC1c1ncc(-c2cn3cc(-c4cn5cc(-c6cnc([C@@H]7CCCN7C(=O)[C@H](NC(=O)OC)c7ccccc7)[nH]6)sc5n4)nc3s2)[nH]1)c1ccccc1. The van der Waals surface area contributed by atoms with Crippen molar-refractivity contribution in [2.75, 3.05) is 27.3 Å². The van der Waals surface area contributed by atoms with Crippen LogP contribution in [-0.4, -0.2) is 99.8 Å². The summed E-state index contributed by atoms with van der Waals surface area (Å²) in [7, 11) is 2.55. The molecule has 0 bridgehead atoms. The first-order chi connectivity index (χ1) is 31.2. The number of hydrogen-bond donors (Lipinski definition) is 4. The van der Waals surface area contributed by atoms with Gasteiger partial charge in [-0.15, -0.1) is 0 Å². The van der Waals surface area contributed by atoms with Crippen LogP contribution in [-0.2, 0) is 19.1 Å². The largest absolute Gasteiger partial charge is 0.453 e. The molecular weight excluding hydrogens is 857 g/mol. The fourth-order valence-electron chi connectivity index (χ4n) is 8.53. The minimum absolute atomic E-state index is 0.225. The average molecular weight is 899 g/mol. The quantitative estimate of drug-likeness (QED) is 0.104. The molecule has 2 aliphatic heterocycles. The maximum Gasteiger partial charge on any atom is 0.407 e. The Morgan fingerprint density at radius 1 is 0.641 bits per heavy atom. The Labute approximate surface area is 373 Å². The van der Waals surface area contributed by atoms with E-state index in [9.17, 15) is 19.2 Å². The summed E-state index contributed by atoms with van der Waals surface area (Å²) in [6.07, 6.45) is 13.2. The number of aromatic amines is 2. The second-order valence-electron chi connectivity index (χ2n) is 15.5. The van der Waals surface area contributed by atoms with Gasteiger partial charge in [0.05, 0.1) is 59.8 Å². The minimum atomic E-state index is -0.895. The normalized spacial score (nSPS) is 17.2. The Morgan fingerprint density at radius 2 is 1.06 bits per heavy atom. The van der Waals surface area contributed by atoms with Crippen molar-refractivity contribution in [3.8, 4) is 32.5 Å². The summed E-state index contributed by atoms with van der Waals surface area (Å²) in [4.78, 5) is 85.5. The molecule has 0 radical (unpaired) electrons. The Balaban J connectivity index is 0.820. The number of alkyl carbamates (subject to hydrolysis) is 2. The van der Waals surface area contributed by atoms with Gasteiger partial charge >= 0.3 is 12.2 Å². The average Bonchev–Trinajstić information content (AvgIpc) is 4.16. The van der Waals surface area contributed by atoms with Crippen molar-refractivity contribution < 1.29 is 28.7 Å². The fraction of sp³-hybridized carbons (Fsp3) is 0.273. The predicted octanol–water partition coefficient (Wildman–Crippen LogP) is 7.07. The van der Waals surface area contributed by atoms with Crippen molar-refractivity contribution in [2.45, 2.75) is 49.9 Å². The van der Waals surface area contributed by atoms with Gasteiger partial charge in [-0.1, -0.05) is 83.3 Å². The van der Waals surface area contributed by atoms with E-state index >= 15 is 0 Å². The number of methoxy groups -OCH3 is 2. The van der Waals surface area contributed by atoms with Gasteiger partial charge in [-0.25, -0.2) is 29.5 Å². The topological polar surface area (TPSA) is 209 Å². The molecule has 2 aromatic carbocycles. The Morgan fingerprint density at radius 3 is 1.45 bits per heavy atom. The third kappa shape index (κ3) is 7.74. The van der Waals surface area contributed by atoms with Crippen LogP contribution >= 0.6 is 22.7 Å². The highest BCUT2D eigenvalue weighted by atomic mass is 32.1. The summed E-state index contributed by atoms with van der Waals surface area (Å²) in [5, 5.41) is 5.42. The van der Waals surface area contributed by atoms with Crippen molar-refractivity contribution in [2.24, 2.45) is 0 Å². The molecule has 6 aromatic heterocycles. The molecule has 4 amide bonds. The molecule has 2 aliphatic rings. The second-order valence-corrected chi connectivity index (χ2v) is 17.5. The van der Waals surface area contributed by atoms with Crippen LogP contribution in [0.5, 0.6) is 0 Å². The van der Waals surface area contributed by atoms with E-state index in [-0.39, 0.29) is 23.9 Å². The molecule has 0 saturated carbocycles. The van der Waals surface area contributed by atoms with Crippen LogP contribution in [0.2, 0.25) is 0 Å². The van der Waals surface area contributed by atoms with Crippen molar-refractivity contribution in [1.29, 1.82) is 0 Å². The van der Waals surface area contributed by atoms with Gasteiger partial charge in [0.15, 0.2) is 9.92 Å². The van der Waals surface area contributed by atoms with Gasteiger partial charge in [0, 0.05) is 37.9 Å². The summed E-state index contributed by atoms with van der Waals surface area (Å²) < 4.78 is 13.6. The standard InChI is InChI=1S/C44H42N12O6S2/c1-61-43(59)51-35(25-11-5-3-6-12-25)39(57)55-17-9-15-31(55)37-45-19-27(47-37)33-23-53-21-29(49-41(53)63-33)30-22-54-24-34(64-42(54)50-30)28-20-46-38(48-28)32-16-10-18-56(32)40(58)36(52-44(60)62-2)26-13-7-4-8-14-26/h3-8,11-14,19-24,31-32,35-36H,9-10,15-18H2,1-2H3,(H,45,47)(H,46,48)(H,51,59)(H,52,60)/t31-,32?,35+,36+/m0/s1. The number of H-pyrrole nitrogens is 2. The monoisotopic (exact) mass is 898 g/mol. The van der Waals surface area contributed by atoms with Crippen LogP contribution in [0.15, 0.2) is 97.8 Å². The van der Waals surface area contributed by atoms with Crippen LogP contribution in [0.25, 0.3) is 42.5 Å². The summed E-state index contributed by atoms with van der Waals surface area (Å²) in [6, 6.07) is 15.9. The highest BCUT2D eigenvalue weighted by Crippen LogP contribution is 2.38. The first-order valence-electron chi connectivity index (χ1n) is 20.7. The van der Waals surface area contributed by atoms with Crippen molar-refractivity contribution in [3.63, 3.8) is 0 Å². The van der Waals surface area contributed by atoms with Crippen LogP contribution in [0, 0.1) is 0 Å². The lowest BCUT2D eigenvalue weighted by molar-refractivity contribution is -0.135. The molecule has 8 aromatic rings. The lowest BCUT2D eigenvalue weighted by atomic mass is 10.1. The summed E-state index contributed by atoms with van der Waals surface area (Å²) >= 11 is 3.03. The number of benzene rings is 2. The highest BCUT2D eigenvalue weighted by molar-refractivity contribution is 7.20. The first kappa shape index (κ1) is 40.7. The molecule has 1 unspecified atom stereocenters. The smallest absolute Gasteiger partial charge is 0.407 e. The lowest BCUT2D eigenvalue weighted by Gasteiger charge is -2.28. The molecule has 64 heavy (non-hydrogen) atoms. The van der Waals surface area contributed by atoms with Gasteiger partial charge < -0.3 is 39.9 Å². The number of aromatic nitrogens is 8. The van der Waals surface area contributed by atoms with Gasteiger partial charge in [0.25, 0.3) is 11.8 Å². The van der Waals surface area contributed by atoms with Gasteiger partial charge in [0.2, 0.25) is 0 Å². The van der Waals surface area contributed by atoms with Crippen LogP contribution in [0.1, 0.15) is 72.6 Å². The fourth-order valence-corrected chi connectivity index (χ4v) is 10.4. The number of rotatable bonds is 11. The number of hydrogen-bond acceptors (Lipinski definition) is 12. The summed E-state index contributed by atoms with van der Waals surface area (Å²) in [5.74, 6) is 0.908. The van der Waals surface area contributed by atoms with E-state index in [0.29, 0.717) is 35.9 Å². The Bertz CT molecular complexity index is 2720. The van der Waals surface area contributed by atoms with E-state index in [4.69, 9.17) is 29.4 Å². The predicted molar refractivity (Wildman–Crippen MR) is 237 cm³/mol. The molecule has 18 nitrogen and oxygen atoms in total. The zero-order chi connectivity index (χ0) is 43.9. The van der Waals surface area contributed by atoms with Gasteiger partial charge in [-0.05, 0) is 36.8 Å². The summed E-state index contributed by atoms with van der Waals surface area (Å²) in [6.45, 7) is 1.08. The molecule has 8 heterocycles. The minimum Gasteiger partial charge on any atom is -0.453 e. The van der Waals surface area contributed by atoms with Crippen LogP contribution < -0.4 is 10.6 Å². The molecular formula is C44H42N12O6S2. The molecule has 4 atom stereocenters. The molecule has 2 fully saturated rings. The number of fused-ring (bicyclic) bond motifs is 2. The van der Waals surface area contributed by atoms with Crippen molar-refractivity contribution >= 4 is 56.6 Å². The second kappa shape index (κ2) is 17.1. The van der Waals surface area contributed by atoms with E-state index in [1.54, 1.807) is 22.2 Å². The number of carbonyl (C=O) groups excluding carboxylic acids is 4. The maximum atomic E-state index is 13.9. The third-order valence-corrected chi connectivity index (χ3v) is 13.7. The maximum absolute atomic E-state index is 13.9. The molecule has 2 saturated heterocycles. The molecule has 0 aliphatic carbocycles. The van der Waals surface area contributed by atoms with Gasteiger partial charge in [-0.3, -0.25) is 18.4 Å². The lowest BCUT2D eigenvalue weighted by Crippen LogP contribution is -2.42. The Kier molecular flexibility index (Phi) is 10.9. The van der Waals surface area contributed by atoms with E-state index in [1.165, 1.54) is 36.9 Å². The molecule has 0 spiro atoms. The number of carbonyl (C=O) groups is 4. The van der Waals surface area contributed by atoms with Crippen LogP contribution in [0.3, 0.4) is 0 Å². The molecule has 10 rings (SSSR count).